The number of ether oxygens (including phenoxy) is 1. The summed E-state index contributed by atoms with van der Waals surface area (Å²) in [6.07, 6.45) is 5.72. The maximum absolute atomic E-state index is 5.48. The zero-order chi connectivity index (χ0) is 11.6. The van der Waals surface area contributed by atoms with Crippen LogP contribution in [0.2, 0.25) is 0 Å². The second-order valence-electron chi connectivity index (χ2n) is 3.69. The normalized spacial score (nSPS) is 10.6. The summed E-state index contributed by atoms with van der Waals surface area (Å²) in [5, 5.41) is 3.25. The average molecular weight is 223 g/mol. The van der Waals surface area contributed by atoms with Crippen LogP contribution in [0.1, 0.15) is 31.1 Å². The van der Waals surface area contributed by atoms with Crippen LogP contribution in [0.15, 0.2) is 29.4 Å². The second-order valence-corrected chi connectivity index (χ2v) is 3.69. The number of hydrogen-bond acceptors (Lipinski definition) is 3. The highest BCUT2D eigenvalue weighted by molar-refractivity contribution is 5.11. The summed E-state index contributed by atoms with van der Waals surface area (Å²) in [6, 6.07) is 2.04. The smallest absolute Gasteiger partial charge is 0.129 e. The van der Waals surface area contributed by atoms with Crippen LogP contribution in [0.25, 0.3) is 0 Å². The summed E-state index contributed by atoms with van der Waals surface area (Å²) in [4.78, 5) is 0. The van der Waals surface area contributed by atoms with Gasteiger partial charge in [0.2, 0.25) is 0 Å². The Kier molecular flexibility index (Phi) is 6.61. The zero-order valence-electron chi connectivity index (χ0n) is 10.00. The highest BCUT2D eigenvalue weighted by Gasteiger charge is 2.01. The molecule has 1 aromatic rings. The molecule has 3 heteroatoms. The van der Waals surface area contributed by atoms with Crippen molar-refractivity contribution in [2.75, 3.05) is 13.2 Å². The van der Waals surface area contributed by atoms with Gasteiger partial charge in [-0.05, 0) is 25.5 Å². The molecule has 0 saturated heterocycles. The van der Waals surface area contributed by atoms with Crippen molar-refractivity contribution in [1.29, 1.82) is 0 Å². The molecule has 0 atom stereocenters. The SMILES string of the molecule is C=CCCCOCc1cc(CNCC)co1. The van der Waals surface area contributed by atoms with Crippen LogP contribution in [0.4, 0.5) is 0 Å². The van der Waals surface area contributed by atoms with Crippen molar-refractivity contribution in [2.45, 2.75) is 32.9 Å². The highest BCUT2D eigenvalue weighted by atomic mass is 16.5. The molecule has 1 heterocycles. The van der Waals surface area contributed by atoms with Gasteiger partial charge in [0.05, 0.1) is 6.26 Å². The topological polar surface area (TPSA) is 34.4 Å². The van der Waals surface area contributed by atoms with E-state index in [1.165, 1.54) is 5.56 Å². The third-order valence-corrected chi connectivity index (χ3v) is 2.23. The molecular formula is C13H21NO2. The van der Waals surface area contributed by atoms with Crippen molar-refractivity contribution in [3.8, 4) is 0 Å². The van der Waals surface area contributed by atoms with E-state index >= 15 is 0 Å². The molecule has 1 aromatic heterocycles. The van der Waals surface area contributed by atoms with Gasteiger partial charge in [0, 0.05) is 18.7 Å². The van der Waals surface area contributed by atoms with E-state index in [2.05, 4.69) is 18.8 Å². The Morgan fingerprint density at radius 3 is 3.19 bits per heavy atom. The van der Waals surface area contributed by atoms with Crippen molar-refractivity contribution in [2.24, 2.45) is 0 Å². The van der Waals surface area contributed by atoms with E-state index in [-0.39, 0.29) is 0 Å². The molecule has 1 rings (SSSR count). The Morgan fingerprint density at radius 2 is 2.44 bits per heavy atom. The standard InChI is InChI=1S/C13H21NO2/c1-3-5-6-7-15-11-13-8-12(10-16-13)9-14-4-2/h3,8,10,14H,1,4-7,9,11H2,2H3. The van der Waals surface area contributed by atoms with E-state index in [0.29, 0.717) is 6.61 Å². The summed E-state index contributed by atoms with van der Waals surface area (Å²) in [6.45, 7) is 8.90. The molecule has 1 N–H and O–H groups in total. The van der Waals surface area contributed by atoms with Crippen molar-refractivity contribution in [3.05, 3.63) is 36.3 Å². The zero-order valence-corrected chi connectivity index (χ0v) is 10.00. The van der Waals surface area contributed by atoms with E-state index in [0.717, 1.165) is 38.3 Å². The van der Waals surface area contributed by atoms with Gasteiger partial charge < -0.3 is 14.5 Å². The van der Waals surface area contributed by atoms with Gasteiger partial charge in [-0.3, -0.25) is 0 Å². The molecule has 0 unspecified atom stereocenters. The first kappa shape index (κ1) is 13.0. The number of rotatable bonds is 9. The number of allylic oxidation sites excluding steroid dienone is 1. The van der Waals surface area contributed by atoms with E-state index in [9.17, 15) is 0 Å². The fourth-order valence-electron chi connectivity index (χ4n) is 1.37. The minimum Gasteiger partial charge on any atom is -0.467 e. The van der Waals surface area contributed by atoms with Gasteiger partial charge in [0.1, 0.15) is 12.4 Å². The van der Waals surface area contributed by atoms with Crippen LogP contribution < -0.4 is 5.32 Å². The molecule has 0 bridgehead atoms. The van der Waals surface area contributed by atoms with Crippen LogP contribution in [0.5, 0.6) is 0 Å². The van der Waals surface area contributed by atoms with Crippen molar-refractivity contribution < 1.29 is 9.15 Å². The fraction of sp³-hybridized carbons (Fsp3) is 0.538. The first-order valence-corrected chi connectivity index (χ1v) is 5.82. The van der Waals surface area contributed by atoms with Crippen LogP contribution >= 0.6 is 0 Å². The Bertz CT molecular complexity index is 294. The van der Waals surface area contributed by atoms with E-state index in [1.807, 2.05) is 12.1 Å². The molecule has 0 aromatic carbocycles. The second kappa shape index (κ2) is 8.13. The van der Waals surface area contributed by atoms with E-state index < -0.39 is 0 Å². The maximum atomic E-state index is 5.48. The molecule has 16 heavy (non-hydrogen) atoms. The molecule has 90 valence electrons. The number of furan rings is 1. The lowest BCUT2D eigenvalue weighted by atomic mass is 10.3. The van der Waals surface area contributed by atoms with Crippen molar-refractivity contribution in [1.82, 2.24) is 5.32 Å². The van der Waals surface area contributed by atoms with Crippen LogP contribution in [0, 0.1) is 0 Å². The molecule has 0 spiro atoms. The summed E-state index contributed by atoms with van der Waals surface area (Å²) in [5.74, 6) is 0.895. The molecule has 0 fully saturated rings. The predicted molar refractivity (Wildman–Crippen MR) is 65.2 cm³/mol. The summed E-state index contributed by atoms with van der Waals surface area (Å²) in [7, 11) is 0. The maximum Gasteiger partial charge on any atom is 0.129 e. The Morgan fingerprint density at radius 1 is 1.56 bits per heavy atom. The van der Waals surface area contributed by atoms with E-state index in [4.69, 9.17) is 9.15 Å². The Balaban J connectivity index is 2.16. The molecule has 0 aliphatic rings. The third-order valence-electron chi connectivity index (χ3n) is 2.23. The lowest BCUT2D eigenvalue weighted by Crippen LogP contribution is -2.10. The number of hydrogen-bond donors (Lipinski definition) is 1. The summed E-state index contributed by atoms with van der Waals surface area (Å²) < 4.78 is 10.9. The van der Waals surface area contributed by atoms with Gasteiger partial charge in [0.25, 0.3) is 0 Å². The molecular weight excluding hydrogens is 202 g/mol. The quantitative estimate of drug-likeness (QED) is 0.516. The molecule has 0 aliphatic carbocycles. The number of nitrogens with one attached hydrogen (secondary N) is 1. The minimum absolute atomic E-state index is 0.559. The van der Waals surface area contributed by atoms with E-state index in [1.54, 1.807) is 6.26 Å². The monoisotopic (exact) mass is 223 g/mol. The fourth-order valence-corrected chi connectivity index (χ4v) is 1.37. The third kappa shape index (κ3) is 5.14. The molecule has 3 nitrogen and oxygen atoms in total. The highest BCUT2D eigenvalue weighted by Crippen LogP contribution is 2.09. The van der Waals surface area contributed by atoms with Crippen molar-refractivity contribution >= 4 is 0 Å². The molecule has 0 aliphatic heterocycles. The minimum atomic E-state index is 0.559. The van der Waals surface area contributed by atoms with Gasteiger partial charge in [-0.15, -0.1) is 6.58 Å². The lowest BCUT2D eigenvalue weighted by Gasteiger charge is -1.99. The predicted octanol–water partition coefficient (Wildman–Crippen LogP) is 2.87. The van der Waals surface area contributed by atoms with Crippen LogP contribution in [-0.2, 0) is 17.9 Å². The van der Waals surface area contributed by atoms with Crippen LogP contribution in [-0.4, -0.2) is 13.2 Å². The van der Waals surface area contributed by atoms with Gasteiger partial charge in [-0.1, -0.05) is 13.0 Å². The largest absolute Gasteiger partial charge is 0.467 e. The van der Waals surface area contributed by atoms with Crippen molar-refractivity contribution in [3.63, 3.8) is 0 Å². The van der Waals surface area contributed by atoms with Crippen LogP contribution in [0.3, 0.4) is 0 Å². The lowest BCUT2D eigenvalue weighted by molar-refractivity contribution is 0.104. The molecule has 0 saturated carbocycles. The number of unbranched alkanes of at least 4 members (excludes halogenated alkanes) is 1. The van der Waals surface area contributed by atoms with Gasteiger partial charge in [-0.25, -0.2) is 0 Å². The molecule has 0 radical (unpaired) electrons. The average Bonchev–Trinajstić information content (AvgIpc) is 2.74. The van der Waals surface area contributed by atoms with Gasteiger partial charge in [-0.2, -0.15) is 0 Å². The van der Waals surface area contributed by atoms with Gasteiger partial charge >= 0.3 is 0 Å². The molecule has 0 amide bonds. The summed E-state index contributed by atoms with van der Waals surface area (Å²) >= 11 is 0. The summed E-state index contributed by atoms with van der Waals surface area (Å²) in [5.41, 5.74) is 1.17. The Labute approximate surface area is 97.5 Å². The Hall–Kier alpha value is -1.06. The first-order chi connectivity index (χ1) is 7.86. The van der Waals surface area contributed by atoms with Gasteiger partial charge in [0.15, 0.2) is 0 Å². The first-order valence-electron chi connectivity index (χ1n) is 5.82.